The largest absolute Gasteiger partial charge is 0.373 e. The van der Waals surface area contributed by atoms with Crippen LogP contribution in [0.1, 0.15) is 19.2 Å². The van der Waals surface area contributed by atoms with Gasteiger partial charge in [-0.2, -0.15) is 0 Å². The molecule has 2 aromatic rings. The van der Waals surface area contributed by atoms with Gasteiger partial charge >= 0.3 is 0 Å². The van der Waals surface area contributed by atoms with E-state index in [-0.39, 0.29) is 0 Å². The van der Waals surface area contributed by atoms with E-state index in [4.69, 9.17) is 0 Å². The first-order valence-electron chi connectivity index (χ1n) is 4.87. The van der Waals surface area contributed by atoms with Gasteiger partial charge in [0, 0.05) is 13.5 Å². The van der Waals surface area contributed by atoms with Gasteiger partial charge in [0.1, 0.15) is 11.6 Å². The molecule has 0 saturated heterocycles. The summed E-state index contributed by atoms with van der Waals surface area (Å²) in [6.45, 7) is 2.14. The van der Waals surface area contributed by atoms with Crippen LogP contribution in [-0.4, -0.2) is 22.0 Å². The molecule has 74 valence electrons. The molecular weight excluding hydrogens is 176 g/mol. The monoisotopic (exact) mass is 190 g/mol. The third-order valence-electron chi connectivity index (χ3n) is 2.14. The van der Waals surface area contributed by atoms with E-state index in [0.717, 1.165) is 35.6 Å². The molecular formula is C10H14N4. The molecule has 14 heavy (non-hydrogen) atoms. The Kier molecular flexibility index (Phi) is 2.35. The SMILES string of the molecule is CCCc1nc2nc(NC)ccc2[nH]1. The number of pyridine rings is 1. The van der Waals surface area contributed by atoms with Crippen LogP contribution < -0.4 is 5.32 Å². The lowest BCUT2D eigenvalue weighted by Crippen LogP contribution is -1.91. The number of fused-ring (bicyclic) bond motifs is 1. The molecule has 0 aliphatic rings. The second-order valence-electron chi connectivity index (χ2n) is 3.25. The molecule has 0 radical (unpaired) electrons. The quantitative estimate of drug-likeness (QED) is 0.777. The van der Waals surface area contributed by atoms with E-state index < -0.39 is 0 Å². The maximum Gasteiger partial charge on any atom is 0.179 e. The second-order valence-corrected chi connectivity index (χ2v) is 3.25. The molecule has 0 amide bonds. The summed E-state index contributed by atoms with van der Waals surface area (Å²) in [4.78, 5) is 12.0. The Balaban J connectivity index is 2.43. The van der Waals surface area contributed by atoms with E-state index >= 15 is 0 Å². The van der Waals surface area contributed by atoms with Crippen molar-refractivity contribution in [1.82, 2.24) is 15.0 Å². The lowest BCUT2D eigenvalue weighted by atomic mass is 10.3. The van der Waals surface area contributed by atoms with Crippen molar-refractivity contribution in [2.45, 2.75) is 19.8 Å². The van der Waals surface area contributed by atoms with E-state index in [9.17, 15) is 0 Å². The highest BCUT2D eigenvalue weighted by Gasteiger charge is 2.03. The van der Waals surface area contributed by atoms with Crippen molar-refractivity contribution in [3.63, 3.8) is 0 Å². The smallest absolute Gasteiger partial charge is 0.179 e. The van der Waals surface area contributed by atoms with Crippen molar-refractivity contribution < 1.29 is 0 Å². The lowest BCUT2D eigenvalue weighted by Gasteiger charge is -1.95. The molecule has 0 fully saturated rings. The van der Waals surface area contributed by atoms with Crippen LogP contribution >= 0.6 is 0 Å². The van der Waals surface area contributed by atoms with Crippen LogP contribution in [0.15, 0.2) is 12.1 Å². The summed E-state index contributed by atoms with van der Waals surface area (Å²) in [6.07, 6.45) is 2.07. The van der Waals surface area contributed by atoms with Crippen LogP contribution in [0.3, 0.4) is 0 Å². The molecule has 4 nitrogen and oxygen atoms in total. The van der Waals surface area contributed by atoms with Gasteiger partial charge in [0.15, 0.2) is 5.65 Å². The highest BCUT2D eigenvalue weighted by molar-refractivity contribution is 5.72. The van der Waals surface area contributed by atoms with E-state index in [2.05, 4.69) is 27.2 Å². The molecule has 2 heterocycles. The Morgan fingerprint density at radius 3 is 2.93 bits per heavy atom. The fourth-order valence-corrected chi connectivity index (χ4v) is 1.44. The van der Waals surface area contributed by atoms with Gasteiger partial charge in [-0.1, -0.05) is 6.92 Å². The molecule has 0 aliphatic heterocycles. The first kappa shape index (κ1) is 8.99. The predicted octanol–water partition coefficient (Wildman–Crippen LogP) is 1.95. The highest BCUT2D eigenvalue weighted by atomic mass is 15.0. The number of anilines is 1. The number of aromatic amines is 1. The summed E-state index contributed by atoms with van der Waals surface area (Å²) in [6, 6.07) is 3.94. The Bertz CT molecular complexity index is 433. The zero-order chi connectivity index (χ0) is 9.97. The number of aryl methyl sites for hydroxylation is 1. The molecule has 0 saturated carbocycles. The molecule has 0 unspecified atom stereocenters. The minimum absolute atomic E-state index is 0.792. The number of aromatic nitrogens is 3. The van der Waals surface area contributed by atoms with Crippen molar-refractivity contribution in [3.05, 3.63) is 18.0 Å². The van der Waals surface area contributed by atoms with E-state index in [1.165, 1.54) is 0 Å². The zero-order valence-corrected chi connectivity index (χ0v) is 8.46. The van der Waals surface area contributed by atoms with Gasteiger partial charge in [0.25, 0.3) is 0 Å². The summed E-state index contributed by atoms with van der Waals surface area (Å²) in [5, 5.41) is 3.00. The molecule has 0 spiro atoms. The van der Waals surface area contributed by atoms with E-state index in [1.54, 1.807) is 0 Å². The maximum absolute atomic E-state index is 4.40. The Hall–Kier alpha value is -1.58. The number of imidazole rings is 1. The van der Waals surface area contributed by atoms with Crippen LogP contribution in [-0.2, 0) is 6.42 Å². The van der Waals surface area contributed by atoms with Crippen molar-refractivity contribution >= 4 is 17.0 Å². The molecule has 2 rings (SSSR count). The van der Waals surface area contributed by atoms with E-state index in [0.29, 0.717) is 0 Å². The van der Waals surface area contributed by atoms with Gasteiger partial charge in [-0.05, 0) is 18.6 Å². The molecule has 0 aromatic carbocycles. The van der Waals surface area contributed by atoms with E-state index in [1.807, 2.05) is 19.2 Å². The number of nitrogens with one attached hydrogen (secondary N) is 2. The normalized spacial score (nSPS) is 10.7. The van der Waals surface area contributed by atoms with Crippen LogP contribution in [0.2, 0.25) is 0 Å². The Morgan fingerprint density at radius 2 is 2.21 bits per heavy atom. The predicted molar refractivity (Wildman–Crippen MR) is 57.4 cm³/mol. The standard InChI is InChI=1S/C10H14N4/c1-3-4-9-12-7-5-6-8(11-2)13-10(7)14-9/h5-6H,3-4H2,1-2H3,(H2,11,12,13,14). The van der Waals surface area contributed by atoms with Gasteiger partial charge in [-0.3, -0.25) is 0 Å². The third-order valence-corrected chi connectivity index (χ3v) is 2.14. The van der Waals surface area contributed by atoms with Gasteiger partial charge in [-0.15, -0.1) is 0 Å². The second kappa shape index (κ2) is 3.65. The van der Waals surface area contributed by atoms with Crippen LogP contribution in [0, 0.1) is 0 Å². The van der Waals surface area contributed by atoms with Crippen LogP contribution in [0.5, 0.6) is 0 Å². The highest BCUT2D eigenvalue weighted by Crippen LogP contribution is 2.12. The van der Waals surface area contributed by atoms with Gasteiger partial charge in [0.2, 0.25) is 0 Å². The topological polar surface area (TPSA) is 53.6 Å². The summed E-state index contributed by atoms with van der Waals surface area (Å²) in [5.41, 5.74) is 1.80. The molecule has 0 atom stereocenters. The van der Waals surface area contributed by atoms with Gasteiger partial charge < -0.3 is 10.3 Å². The number of hydrogen-bond donors (Lipinski definition) is 2. The summed E-state index contributed by atoms with van der Waals surface area (Å²) in [7, 11) is 1.85. The van der Waals surface area contributed by atoms with Crippen molar-refractivity contribution in [2.24, 2.45) is 0 Å². The third kappa shape index (κ3) is 1.55. The Morgan fingerprint density at radius 1 is 1.36 bits per heavy atom. The van der Waals surface area contributed by atoms with Crippen molar-refractivity contribution in [1.29, 1.82) is 0 Å². The maximum atomic E-state index is 4.40. The van der Waals surface area contributed by atoms with Gasteiger partial charge in [-0.25, -0.2) is 9.97 Å². The zero-order valence-electron chi connectivity index (χ0n) is 8.46. The summed E-state index contributed by atoms with van der Waals surface area (Å²) >= 11 is 0. The number of H-pyrrole nitrogens is 1. The van der Waals surface area contributed by atoms with Crippen LogP contribution in [0.25, 0.3) is 11.2 Å². The summed E-state index contributed by atoms with van der Waals surface area (Å²) < 4.78 is 0. The number of nitrogens with zero attached hydrogens (tertiary/aromatic N) is 2. The molecule has 2 N–H and O–H groups in total. The number of rotatable bonds is 3. The minimum Gasteiger partial charge on any atom is -0.373 e. The average molecular weight is 190 g/mol. The number of hydrogen-bond acceptors (Lipinski definition) is 3. The molecule has 0 aliphatic carbocycles. The first-order valence-corrected chi connectivity index (χ1v) is 4.87. The minimum atomic E-state index is 0.792. The van der Waals surface area contributed by atoms with Crippen molar-refractivity contribution in [2.75, 3.05) is 12.4 Å². The Labute approximate surface area is 82.8 Å². The molecule has 2 aromatic heterocycles. The fraction of sp³-hybridized carbons (Fsp3) is 0.400. The summed E-state index contributed by atoms with van der Waals surface area (Å²) in [5.74, 6) is 1.87. The first-order chi connectivity index (χ1) is 6.83. The van der Waals surface area contributed by atoms with Crippen molar-refractivity contribution in [3.8, 4) is 0 Å². The molecule has 4 heteroatoms. The van der Waals surface area contributed by atoms with Crippen LogP contribution in [0.4, 0.5) is 5.82 Å². The van der Waals surface area contributed by atoms with Gasteiger partial charge in [0.05, 0.1) is 5.52 Å². The molecule has 0 bridgehead atoms. The average Bonchev–Trinajstić information content (AvgIpc) is 2.59. The lowest BCUT2D eigenvalue weighted by molar-refractivity contribution is 0.860. The fourth-order valence-electron chi connectivity index (χ4n) is 1.44.